The molecule has 0 aliphatic rings. The Kier molecular flexibility index (Phi) is 9.51. The fraction of sp³-hybridized carbons (Fsp3) is 0.500. The minimum absolute atomic E-state index is 0.0593. The summed E-state index contributed by atoms with van der Waals surface area (Å²) in [5.41, 5.74) is 2.18. The lowest BCUT2D eigenvalue weighted by Crippen LogP contribution is -2.33. The molecule has 0 N–H and O–H groups in total. The second-order valence-corrected chi connectivity index (χ2v) is 5.83. The molecule has 1 aromatic rings. The van der Waals surface area contributed by atoms with Gasteiger partial charge in [-0.05, 0) is 31.9 Å². The maximum absolute atomic E-state index is 12.4. The Bertz CT molecular complexity index is 534. The summed E-state index contributed by atoms with van der Waals surface area (Å²) in [5.74, 6) is -0.315. The van der Waals surface area contributed by atoms with Crippen molar-refractivity contribution in [3.8, 4) is 0 Å². The number of hydrogen-bond acceptors (Lipinski definition) is 3. The molecule has 0 unspecified atom stereocenters. The summed E-state index contributed by atoms with van der Waals surface area (Å²) in [6.07, 6.45) is 6.76. The largest absolute Gasteiger partial charge is 0.466 e. The number of nitrogens with zero attached hydrogens (tertiary/aromatic N) is 1. The Morgan fingerprint density at radius 3 is 2.42 bits per heavy atom. The van der Waals surface area contributed by atoms with Crippen molar-refractivity contribution in [1.29, 1.82) is 0 Å². The normalized spacial score (nSPS) is 10.8. The third-order valence-electron chi connectivity index (χ3n) is 3.73. The number of carbonyl (C=O) groups excluding carboxylic acids is 2. The zero-order chi connectivity index (χ0) is 17.8. The first-order valence-corrected chi connectivity index (χ1v) is 8.76. The number of carbonyl (C=O) groups is 2. The van der Waals surface area contributed by atoms with Crippen LogP contribution in [-0.4, -0.2) is 36.5 Å². The molecular formula is C20H29NO3. The van der Waals surface area contributed by atoms with Crippen molar-refractivity contribution in [3.63, 3.8) is 0 Å². The molecule has 0 saturated carbocycles. The molecule has 0 aromatic heterocycles. The van der Waals surface area contributed by atoms with Crippen molar-refractivity contribution in [2.45, 2.75) is 46.5 Å². The first-order chi connectivity index (χ1) is 11.6. The number of ether oxygens (including phenoxy) is 1. The molecule has 0 aliphatic heterocycles. The van der Waals surface area contributed by atoms with Crippen LogP contribution in [0.4, 0.5) is 0 Å². The van der Waals surface area contributed by atoms with E-state index in [1.165, 1.54) is 5.56 Å². The molecule has 0 heterocycles. The van der Waals surface area contributed by atoms with Gasteiger partial charge in [0.05, 0.1) is 13.0 Å². The fourth-order valence-electron chi connectivity index (χ4n) is 2.29. The molecule has 0 spiro atoms. The van der Waals surface area contributed by atoms with Crippen LogP contribution in [0.1, 0.15) is 50.7 Å². The lowest BCUT2D eigenvalue weighted by Gasteiger charge is -2.20. The number of benzene rings is 1. The van der Waals surface area contributed by atoms with Crippen LogP contribution in [0.25, 0.3) is 6.08 Å². The summed E-state index contributed by atoms with van der Waals surface area (Å²) in [6, 6.07) is 8.01. The molecule has 132 valence electrons. The lowest BCUT2D eigenvalue weighted by atomic mass is 10.1. The Morgan fingerprint density at radius 2 is 1.79 bits per heavy atom. The van der Waals surface area contributed by atoms with Crippen molar-refractivity contribution >= 4 is 18.0 Å². The molecule has 4 heteroatoms. The van der Waals surface area contributed by atoms with Crippen LogP contribution in [0.2, 0.25) is 0 Å². The van der Waals surface area contributed by atoms with Gasteiger partial charge in [-0.15, -0.1) is 0 Å². The summed E-state index contributed by atoms with van der Waals surface area (Å²) in [7, 11) is 0. The highest BCUT2D eigenvalue weighted by Crippen LogP contribution is 2.07. The zero-order valence-electron chi connectivity index (χ0n) is 15.1. The summed E-state index contributed by atoms with van der Waals surface area (Å²) >= 11 is 0. The predicted molar refractivity (Wildman–Crippen MR) is 97.6 cm³/mol. The van der Waals surface area contributed by atoms with Gasteiger partial charge in [-0.3, -0.25) is 9.59 Å². The minimum Gasteiger partial charge on any atom is -0.466 e. The number of amides is 1. The van der Waals surface area contributed by atoms with Crippen molar-refractivity contribution in [1.82, 2.24) is 4.90 Å². The van der Waals surface area contributed by atoms with Gasteiger partial charge in [-0.2, -0.15) is 0 Å². The smallest absolute Gasteiger partial charge is 0.307 e. The first-order valence-electron chi connectivity index (χ1n) is 8.76. The van der Waals surface area contributed by atoms with Crippen LogP contribution in [0.5, 0.6) is 0 Å². The van der Waals surface area contributed by atoms with Gasteiger partial charge in [0, 0.05) is 19.2 Å². The maximum Gasteiger partial charge on any atom is 0.307 e. The SMILES string of the molecule is CCCCCN(CCC(=O)OCC)C(=O)/C=C/c1ccc(C)cc1. The summed E-state index contributed by atoms with van der Waals surface area (Å²) in [4.78, 5) is 25.7. The topological polar surface area (TPSA) is 46.6 Å². The molecular weight excluding hydrogens is 302 g/mol. The number of esters is 1. The highest BCUT2D eigenvalue weighted by Gasteiger charge is 2.13. The second kappa shape index (κ2) is 11.4. The Labute approximate surface area is 145 Å². The summed E-state index contributed by atoms with van der Waals surface area (Å²) in [5, 5.41) is 0. The molecule has 1 rings (SSSR count). The van der Waals surface area contributed by atoms with Gasteiger partial charge < -0.3 is 9.64 Å². The van der Waals surface area contributed by atoms with E-state index in [9.17, 15) is 9.59 Å². The van der Waals surface area contributed by atoms with Gasteiger partial charge in [0.2, 0.25) is 5.91 Å². The van der Waals surface area contributed by atoms with Gasteiger partial charge in [-0.1, -0.05) is 49.6 Å². The van der Waals surface area contributed by atoms with E-state index in [2.05, 4.69) is 6.92 Å². The predicted octanol–water partition coefficient (Wildman–Crippen LogP) is 3.98. The number of hydrogen-bond donors (Lipinski definition) is 0. The van der Waals surface area contributed by atoms with E-state index < -0.39 is 0 Å². The molecule has 0 fully saturated rings. The van der Waals surface area contributed by atoms with Gasteiger partial charge in [-0.25, -0.2) is 0 Å². The zero-order valence-corrected chi connectivity index (χ0v) is 15.1. The number of aryl methyl sites for hydroxylation is 1. The van der Waals surface area contributed by atoms with E-state index in [0.29, 0.717) is 19.7 Å². The lowest BCUT2D eigenvalue weighted by molar-refractivity contribution is -0.143. The van der Waals surface area contributed by atoms with E-state index >= 15 is 0 Å². The quantitative estimate of drug-likeness (QED) is 0.370. The molecule has 0 radical (unpaired) electrons. The molecule has 0 atom stereocenters. The fourth-order valence-corrected chi connectivity index (χ4v) is 2.29. The molecule has 1 amide bonds. The van der Waals surface area contributed by atoms with E-state index in [0.717, 1.165) is 24.8 Å². The first kappa shape index (κ1) is 19.9. The van der Waals surface area contributed by atoms with Crippen molar-refractivity contribution in [3.05, 3.63) is 41.5 Å². The molecule has 0 bridgehead atoms. The van der Waals surface area contributed by atoms with Crippen LogP contribution in [-0.2, 0) is 14.3 Å². The molecule has 24 heavy (non-hydrogen) atoms. The summed E-state index contributed by atoms with van der Waals surface area (Å²) < 4.78 is 4.94. The third kappa shape index (κ3) is 7.95. The monoisotopic (exact) mass is 331 g/mol. The molecule has 1 aromatic carbocycles. The van der Waals surface area contributed by atoms with Gasteiger partial charge in [0.15, 0.2) is 0 Å². The van der Waals surface area contributed by atoms with Crippen LogP contribution in [0.15, 0.2) is 30.3 Å². The Balaban J connectivity index is 2.63. The van der Waals surface area contributed by atoms with Crippen LogP contribution >= 0.6 is 0 Å². The second-order valence-electron chi connectivity index (χ2n) is 5.83. The van der Waals surface area contributed by atoms with E-state index in [-0.39, 0.29) is 18.3 Å². The van der Waals surface area contributed by atoms with E-state index in [4.69, 9.17) is 4.74 Å². The highest BCUT2D eigenvalue weighted by atomic mass is 16.5. The van der Waals surface area contributed by atoms with Crippen LogP contribution in [0, 0.1) is 6.92 Å². The molecule has 0 saturated heterocycles. The minimum atomic E-state index is -0.256. The van der Waals surface area contributed by atoms with Crippen LogP contribution in [0.3, 0.4) is 0 Å². The van der Waals surface area contributed by atoms with Crippen molar-refractivity contribution in [2.75, 3.05) is 19.7 Å². The Morgan fingerprint density at radius 1 is 1.08 bits per heavy atom. The molecule has 0 aliphatic carbocycles. The van der Waals surface area contributed by atoms with Crippen molar-refractivity contribution < 1.29 is 14.3 Å². The van der Waals surface area contributed by atoms with E-state index in [1.807, 2.05) is 37.3 Å². The molecule has 4 nitrogen and oxygen atoms in total. The third-order valence-corrected chi connectivity index (χ3v) is 3.73. The van der Waals surface area contributed by atoms with Gasteiger partial charge >= 0.3 is 5.97 Å². The van der Waals surface area contributed by atoms with Crippen LogP contribution < -0.4 is 0 Å². The Hall–Kier alpha value is -2.10. The standard InChI is InChI=1S/C20H29NO3/c1-4-6-7-15-21(16-14-20(23)24-5-2)19(22)13-12-18-10-8-17(3)9-11-18/h8-13H,4-7,14-16H2,1-3H3/b13-12+. The number of rotatable bonds is 10. The number of unbranched alkanes of at least 4 members (excludes halogenated alkanes) is 2. The van der Waals surface area contributed by atoms with E-state index in [1.54, 1.807) is 17.9 Å². The average molecular weight is 331 g/mol. The van der Waals surface area contributed by atoms with Gasteiger partial charge in [0.1, 0.15) is 0 Å². The van der Waals surface area contributed by atoms with Gasteiger partial charge in [0.25, 0.3) is 0 Å². The maximum atomic E-state index is 12.4. The highest BCUT2D eigenvalue weighted by molar-refractivity contribution is 5.92. The summed E-state index contributed by atoms with van der Waals surface area (Å²) in [6.45, 7) is 7.39. The average Bonchev–Trinajstić information content (AvgIpc) is 2.57. The van der Waals surface area contributed by atoms with Crippen molar-refractivity contribution in [2.24, 2.45) is 0 Å².